The number of nitrogens with zero attached hydrogens (tertiary/aromatic N) is 2. The maximum Gasteiger partial charge on any atom is 0.275 e. The van der Waals surface area contributed by atoms with Crippen LogP contribution in [0.5, 0.6) is 0 Å². The average Bonchev–Trinajstić information content (AvgIpc) is 2.86. The quantitative estimate of drug-likeness (QED) is 0.552. The first kappa shape index (κ1) is 23.8. The highest BCUT2D eigenvalue weighted by molar-refractivity contribution is 7.92. The molecule has 9 nitrogen and oxygen atoms in total. The highest BCUT2D eigenvalue weighted by Gasteiger charge is 2.37. The zero-order chi connectivity index (χ0) is 25.4. The Kier molecular flexibility index (Phi) is 6.13. The van der Waals surface area contributed by atoms with Gasteiger partial charge in [-0.1, -0.05) is 18.2 Å². The lowest BCUT2D eigenvalue weighted by Gasteiger charge is -2.43. The van der Waals surface area contributed by atoms with Crippen molar-refractivity contribution in [1.29, 1.82) is 0 Å². The highest BCUT2D eigenvalue weighted by Crippen LogP contribution is 2.36. The normalized spacial score (nSPS) is 18.8. The van der Waals surface area contributed by atoms with Gasteiger partial charge in [0.1, 0.15) is 5.69 Å². The van der Waals surface area contributed by atoms with Crippen LogP contribution < -0.4 is 15.6 Å². The largest absolute Gasteiger partial charge is 0.338 e. The lowest BCUT2D eigenvalue weighted by molar-refractivity contribution is -0.114. The van der Waals surface area contributed by atoms with E-state index in [-0.39, 0.29) is 34.2 Å². The fraction of sp³-hybridized carbons (Fsp3) is 0.269. The molecule has 3 aromatic rings. The van der Waals surface area contributed by atoms with Gasteiger partial charge >= 0.3 is 0 Å². The van der Waals surface area contributed by atoms with Crippen LogP contribution in [0.2, 0.25) is 0 Å². The van der Waals surface area contributed by atoms with Crippen LogP contribution in [0.1, 0.15) is 35.3 Å². The molecule has 186 valence electrons. The number of amides is 2. The molecule has 1 fully saturated rings. The summed E-state index contributed by atoms with van der Waals surface area (Å²) in [4.78, 5) is 39.3. The fourth-order valence-corrected chi connectivity index (χ4v) is 6.13. The van der Waals surface area contributed by atoms with E-state index in [9.17, 15) is 22.8 Å². The Labute approximate surface area is 208 Å². The second kappa shape index (κ2) is 9.27. The molecule has 1 aromatic heterocycles. The number of nitrogens with one attached hydrogen (secondary N) is 2. The first-order chi connectivity index (χ1) is 17.2. The van der Waals surface area contributed by atoms with Crippen LogP contribution in [0.4, 0.5) is 11.4 Å². The summed E-state index contributed by atoms with van der Waals surface area (Å²) in [5, 5.41) is 2.58. The predicted octanol–water partition coefficient (Wildman–Crippen LogP) is 2.87. The van der Waals surface area contributed by atoms with Crippen molar-refractivity contribution in [2.75, 3.05) is 23.1 Å². The van der Waals surface area contributed by atoms with Crippen LogP contribution in [0.25, 0.3) is 0 Å². The molecule has 2 N–H and O–H groups in total. The van der Waals surface area contributed by atoms with E-state index >= 15 is 0 Å². The Morgan fingerprint density at radius 2 is 1.64 bits per heavy atom. The number of anilines is 2. The summed E-state index contributed by atoms with van der Waals surface area (Å²) < 4.78 is 29.9. The number of aromatic nitrogens is 1. The Balaban J connectivity index is 1.36. The Bertz CT molecular complexity index is 1480. The minimum atomic E-state index is -4.01. The first-order valence-corrected chi connectivity index (χ1v) is 13.2. The van der Waals surface area contributed by atoms with Gasteiger partial charge in [-0.05, 0) is 60.9 Å². The molecule has 0 radical (unpaired) electrons. The maximum atomic E-state index is 13.3. The van der Waals surface area contributed by atoms with Crippen molar-refractivity contribution < 1.29 is 18.0 Å². The molecular formula is C26H26N4O5S. The predicted molar refractivity (Wildman–Crippen MR) is 135 cm³/mol. The molecule has 2 aliphatic rings. The van der Waals surface area contributed by atoms with Gasteiger partial charge in [0, 0.05) is 49.4 Å². The molecular weight excluding hydrogens is 480 g/mol. The maximum absolute atomic E-state index is 13.3. The summed E-state index contributed by atoms with van der Waals surface area (Å²) in [5.74, 6) is -0.169. The molecule has 2 amide bonds. The van der Waals surface area contributed by atoms with Gasteiger partial charge in [-0.15, -0.1) is 0 Å². The summed E-state index contributed by atoms with van der Waals surface area (Å²) in [6.45, 7) is 2.84. The number of sulfonamides is 1. The van der Waals surface area contributed by atoms with Gasteiger partial charge in [0.25, 0.3) is 21.5 Å². The van der Waals surface area contributed by atoms with E-state index in [1.54, 1.807) is 22.8 Å². The number of likely N-dealkylation sites (tertiary alicyclic amines) is 1. The van der Waals surface area contributed by atoms with Gasteiger partial charge in [-0.25, -0.2) is 8.42 Å². The minimum Gasteiger partial charge on any atom is -0.338 e. The third kappa shape index (κ3) is 4.64. The second-order valence-electron chi connectivity index (χ2n) is 9.27. The topological polar surface area (TPSA) is 118 Å². The molecule has 5 rings (SSSR count). The van der Waals surface area contributed by atoms with Crippen LogP contribution in [-0.4, -0.2) is 42.8 Å². The third-order valence-corrected chi connectivity index (χ3v) is 8.02. The van der Waals surface area contributed by atoms with Crippen LogP contribution in [0, 0.1) is 5.92 Å². The zero-order valence-corrected chi connectivity index (χ0v) is 20.5. The minimum absolute atomic E-state index is 0.00448. The van der Waals surface area contributed by atoms with Crippen molar-refractivity contribution in [1.82, 2.24) is 9.47 Å². The molecule has 2 atom stereocenters. The Hall–Kier alpha value is -3.92. The van der Waals surface area contributed by atoms with E-state index in [2.05, 4.69) is 10.0 Å². The van der Waals surface area contributed by atoms with Crippen LogP contribution >= 0.6 is 0 Å². The Morgan fingerprint density at radius 1 is 0.917 bits per heavy atom. The van der Waals surface area contributed by atoms with Crippen LogP contribution in [0.15, 0.2) is 76.4 Å². The molecule has 0 aliphatic carbocycles. The zero-order valence-electron chi connectivity index (χ0n) is 19.7. The monoisotopic (exact) mass is 506 g/mol. The van der Waals surface area contributed by atoms with Crippen molar-refractivity contribution >= 4 is 33.2 Å². The number of carbonyl (C=O) groups is 2. The molecule has 0 spiro atoms. The van der Waals surface area contributed by atoms with Crippen molar-refractivity contribution in [3.63, 3.8) is 0 Å². The number of hydrogen-bond donors (Lipinski definition) is 2. The molecule has 1 saturated heterocycles. The molecule has 2 aromatic carbocycles. The molecule has 2 bridgehead atoms. The number of piperidine rings is 1. The number of hydrogen-bond acceptors (Lipinski definition) is 5. The number of fused-ring (bicyclic) bond motifs is 4. The van der Waals surface area contributed by atoms with E-state index in [0.717, 1.165) is 12.1 Å². The van der Waals surface area contributed by atoms with Crippen molar-refractivity contribution in [3.05, 3.63) is 88.3 Å². The summed E-state index contributed by atoms with van der Waals surface area (Å²) in [7, 11) is -4.01. The number of carbonyl (C=O) groups excluding carboxylic acids is 2. The van der Waals surface area contributed by atoms with E-state index < -0.39 is 15.6 Å². The lowest BCUT2D eigenvalue weighted by Crippen LogP contribution is -2.49. The second-order valence-corrected chi connectivity index (χ2v) is 11.0. The summed E-state index contributed by atoms with van der Waals surface area (Å²) >= 11 is 0. The molecule has 36 heavy (non-hydrogen) atoms. The van der Waals surface area contributed by atoms with E-state index in [1.165, 1.54) is 37.3 Å². The summed E-state index contributed by atoms with van der Waals surface area (Å²) in [6.07, 6.45) is 0.879. The smallest absolute Gasteiger partial charge is 0.275 e. The highest BCUT2D eigenvalue weighted by atomic mass is 32.2. The van der Waals surface area contributed by atoms with Crippen molar-refractivity contribution in [2.45, 2.75) is 30.7 Å². The van der Waals surface area contributed by atoms with Gasteiger partial charge in [-0.2, -0.15) is 0 Å². The SMILES string of the molecule is CC(=O)Nc1ccc(S(=O)(=O)Nc2ccc3n(c2=O)CC2CC3CN(C(=O)c3ccccc3)C2)cc1. The standard InChI is InChI=1S/C26H26N4O5S/c1-17(31)27-21-7-9-22(10-8-21)36(34,35)28-23-11-12-24-20-13-18(15-30(24)26(23)33)14-29(16-20)25(32)19-5-3-2-4-6-19/h2-12,18,20,28H,13-16H2,1H3,(H,27,31). The van der Waals surface area contributed by atoms with Crippen molar-refractivity contribution in [2.24, 2.45) is 5.92 Å². The van der Waals surface area contributed by atoms with E-state index in [0.29, 0.717) is 30.9 Å². The van der Waals surface area contributed by atoms with E-state index in [4.69, 9.17) is 0 Å². The summed E-state index contributed by atoms with van der Waals surface area (Å²) in [5.41, 5.74) is 1.50. The van der Waals surface area contributed by atoms with E-state index in [1.807, 2.05) is 23.1 Å². The molecule has 10 heteroatoms. The van der Waals surface area contributed by atoms with Crippen molar-refractivity contribution in [3.8, 4) is 0 Å². The van der Waals surface area contributed by atoms with Gasteiger partial charge in [0.2, 0.25) is 5.91 Å². The summed E-state index contributed by atoms with van der Waals surface area (Å²) in [6, 6.07) is 18.1. The first-order valence-electron chi connectivity index (χ1n) is 11.7. The average molecular weight is 507 g/mol. The van der Waals surface area contributed by atoms with Gasteiger partial charge in [0.05, 0.1) is 4.90 Å². The van der Waals surface area contributed by atoms with Crippen LogP contribution in [-0.2, 0) is 21.4 Å². The number of pyridine rings is 1. The lowest BCUT2D eigenvalue weighted by atomic mass is 9.83. The van der Waals surface area contributed by atoms with Gasteiger partial charge < -0.3 is 14.8 Å². The molecule has 0 saturated carbocycles. The number of benzene rings is 2. The van der Waals surface area contributed by atoms with Gasteiger partial charge in [0.15, 0.2) is 0 Å². The Morgan fingerprint density at radius 3 is 2.33 bits per heavy atom. The molecule has 2 unspecified atom stereocenters. The molecule has 3 heterocycles. The third-order valence-electron chi connectivity index (χ3n) is 6.64. The number of rotatable bonds is 5. The molecule has 2 aliphatic heterocycles. The van der Waals surface area contributed by atoms with Crippen LogP contribution in [0.3, 0.4) is 0 Å². The fourth-order valence-electron chi connectivity index (χ4n) is 5.08. The van der Waals surface area contributed by atoms with Gasteiger partial charge in [-0.3, -0.25) is 19.1 Å².